The molecule has 0 heterocycles. The lowest BCUT2D eigenvalue weighted by Crippen LogP contribution is -2.48. The average molecular weight is 445 g/mol. The molecule has 1 aliphatic carbocycles. The molecule has 0 amide bonds. The molecule has 30 heavy (non-hydrogen) atoms. The van der Waals surface area contributed by atoms with Crippen LogP contribution in [0.15, 0.2) is 0 Å². The summed E-state index contributed by atoms with van der Waals surface area (Å²) in [6.07, 6.45) is 17.8. The largest absolute Gasteiger partial charge is 0.390 e. The zero-order valence-corrected chi connectivity index (χ0v) is 20.6. The van der Waals surface area contributed by atoms with Gasteiger partial charge in [-0.1, -0.05) is 84.0 Å². The van der Waals surface area contributed by atoms with Crippen LogP contribution in [0.2, 0.25) is 0 Å². The fourth-order valence-corrected chi connectivity index (χ4v) is 4.75. The molecule has 0 bridgehead atoms. The van der Waals surface area contributed by atoms with Crippen molar-refractivity contribution in [1.82, 2.24) is 10.6 Å². The minimum absolute atomic E-state index is 0.0248. The monoisotopic (exact) mass is 444 g/mol. The zero-order chi connectivity index (χ0) is 22.0. The summed E-state index contributed by atoms with van der Waals surface area (Å²) in [4.78, 5) is 0. The van der Waals surface area contributed by atoms with Gasteiger partial charge in [0.2, 0.25) is 0 Å². The summed E-state index contributed by atoms with van der Waals surface area (Å²) in [5, 5.41) is 17.7. The first kappa shape index (κ1) is 27.6. The number of rotatable bonds is 18. The second-order valence-corrected chi connectivity index (χ2v) is 9.30. The number of hydrogen-bond acceptors (Lipinski definition) is 4. The highest BCUT2D eigenvalue weighted by molar-refractivity contribution is 7.80. The fraction of sp³-hybridized carbons (Fsp3) is 0.958. The predicted octanol–water partition coefficient (Wildman–Crippen LogP) is 4.95. The number of methoxy groups -OCH3 is 2. The smallest absolute Gasteiger partial charge is 0.166 e. The fourth-order valence-electron chi connectivity index (χ4n) is 4.50. The standard InChI is InChI=1S/C24H48N2O3S/c1-4-5-6-7-8-9-10-11-12-13-14-15-16-17-25-24(30)26-21-18-20(19-28-2)22(27)23(21)29-3/h20-23,27H,4-19H2,1-3H3,(H2,25,26,30)/t20-,21+,22?,23-/m1/s1. The Morgan fingerprint density at radius 2 is 1.43 bits per heavy atom. The number of hydrogen-bond donors (Lipinski definition) is 3. The Bertz CT molecular complexity index is 425. The van der Waals surface area contributed by atoms with Crippen molar-refractivity contribution in [2.24, 2.45) is 5.92 Å². The van der Waals surface area contributed by atoms with Gasteiger partial charge >= 0.3 is 0 Å². The third-order valence-electron chi connectivity index (χ3n) is 6.31. The third-order valence-corrected chi connectivity index (χ3v) is 6.57. The summed E-state index contributed by atoms with van der Waals surface area (Å²) >= 11 is 5.44. The van der Waals surface area contributed by atoms with Crippen molar-refractivity contribution in [2.75, 3.05) is 27.4 Å². The van der Waals surface area contributed by atoms with Gasteiger partial charge < -0.3 is 25.2 Å². The number of aliphatic hydroxyl groups is 1. The van der Waals surface area contributed by atoms with Gasteiger partial charge in [-0.3, -0.25) is 0 Å². The molecular formula is C24H48N2O3S. The van der Waals surface area contributed by atoms with Gasteiger partial charge in [0, 0.05) is 26.7 Å². The summed E-state index contributed by atoms with van der Waals surface area (Å²) in [6, 6.07) is 0.0248. The van der Waals surface area contributed by atoms with Gasteiger partial charge in [0.15, 0.2) is 5.11 Å². The first-order chi connectivity index (χ1) is 14.6. The van der Waals surface area contributed by atoms with Gasteiger partial charge in [0.05, 0.1) is 18.8 Å². The molecule has 0 aromatic carbocycles. The molecular weight excluding hydrogens is 396 g/mol. The van der Waals surface area contributed by atoms with Crippen LogP contribution in [0.5, 0.6) is 0 Å². The molecule has 4 atom stereocenters. The van der Waals surface area contributed by atoms with Gasteiger partial charge in [0.1, 0.15) is 6.10 Å². The highest BCUT2D eigenvalue weighted by atomic mass is 32.1. The van der Waals surface area contributed by atoms with Crippen LogP contribution in [0.25, 0.3) is 0 Å². The summed E-state index contributed by atoms with van der Waals surface area (Å²) < 4.78 is 10.7. The normalized spacial score (nSPS) is 23.6. The van der Waals surface area contributed by atoms with Gasteiger partial charge in [-0.15, -0.1) is 0 Å². The molecule has 178 valence electrons. The van der Waals surface area contributed by atoms with Crippen LogP contribution in [0.3, 0.4) is 0 Å². The first-order valence-electron chi connectivity index (χ1n) is 12.4. The van der Waals surface area contributed by atoms with E-state index < -0.39 is 6.10 Å². The molecule has 0 radical (unpaired) electrons. The van der Waals surface area contributed by atoms with Crippen molar-refractivity contribution < 1.29 is 14.6 Å². The zero-order valence-electron chi connectivity index (χ0n) is 19.8. The maximum Gasteiger partial charge on any atom is 0.166 e. The van der Waals surface area contributed by atoms with E-state index in [0.717, 1.165) is 19.4 Å². The molecule has 1 saturated carbocycles. The Kier molecular flexibility index (Phi) is 16.7. The highest BCUT2D eigenvalue weighted by Gasteiger charge is 2.42. The van der Waals surface area contributed by atoms with Gasteiger partial charge in [-0.2, -0.15) is 0 Å². The van der Waals surface area contributed by atoms with E-state index in [2.05, 4.69) is 17.6 Å². The predicted molar refractivity (Wildman–Crippen MR) is 130 cm³/mol. The van der Waals surface area contributed by atoms with Crippen LogP contribution in [-0.2, 0) is 9.47 Å². The SMILES string of the molecule is CCCCCCCCCCCCCCCNC(=S)N[C@H]1C[C@H](COC)C(O)[C@@H]1OC. The van der Waals surface area contributed by atoms with Crippen molar-refractivity contribution in [3.8, 4) is 0 Å². The molecule has 5 nitrogen and oxygen atoms in total. The second kappa shape index (κ2) is 18.2. The Labute approximate surface area is 191 Å². The molecule has 1 rings (SSSR count). The van der Waals surface area contributed by atoms with E-state index in [9.17, 15) is 5.11 Å². The number of nitrogens with one attached hydrogen (secondary N) is 2. The van der Waals surface area contributed by atoms with Crippen LogP contribution < -0.4 is 10.6 Å². The topological polar surface area (TPSA) is 62.8 Å². The molecule has 0 spiro atoms. The third kappa shape index (κ3) is 11.8. The van der Waals surface area contributed by atoms with E-state index in [0.29, 0.717) is 11.7 Å². The Morgan fingerprint density at radius 3 is 1.93 bits per heavy atom. The Balaban J connectivity index is 1.96. The highest BCUT2D eigenvalue weighted by Crippen LogP contribution is 2.29. The minimum atomic E-state index is -0.517. The Morgan fingerprint density at radius 1 is 0.900 bits per heavy atom. The van der Waals surface area contributed by atoms with Crippen molar-refractivity contribution in [3.05, 3.63) is 0 Å². The maximum atomic E-state index is 10.4. The lowest BCUT2D eigenvalue weighted by molar-refractivity contribution is -0.0273. The molecule has 6 heteroatoms. The first-order valence-corrected chi connectivity index (χ1v) is 12.8. The van der Waals surface area contributed by atoms with Gasteiger partial charge in [0.25, 0.3) is 0 Å². The summed E-state index contributed by atoms with van der Waals surface area (Å²) in [5.41, 5.74) is 0. The van der Waals surface area contributed by atoms with Crippen molar-refractivity contribution in [3.63, 3.8) is 0 Å². The quantitative estimate of drug-likeness (QED) is 0.205. The van der Waals surface area contributed by atoms with Gasteiger partial charge in [-0.25, -0.2) is 0 Å². The molecule has 0 aromatic heterocycles. The summed E-state index contributed by atoms with van der Waals surface area (Å²) in [7, 11) is 3.30. The van der Waals surface area contributed by atoms with E-state index in [-0.39, 0.29) is 18.1 Å². The van der Waals surface area contributed by atoms with Gasteiger partial charge in [-0.05, 0) is 25.1 Å². The van der Waals surface area contributed by atoms with E-state index in [4.69, 9.17) is 21.7 Å². The summed E-state index contributed by atoms with van der Waals surface area (Å²) in [5.74, 6) is 0.0845. The van der Waals surface area contributed by atoms with E-state index >= 15 is 0 Å². The van der Waals surface area contributed by atoms with Crippen molar-refractivity contribution >= 4 is 17.3 Å². The minimum Gasteiger partial charge on any atom is -0.390 e. The van der Waals surface area contributed by atoms with Crippen LogP contribution in [0, 0.1) is 5.92 Å². The summed E-state index contributed by atoms with van der Waals surface area (Å²) in [6.45, 7) is 3.72. The molecule has 1 aliphatic rings. The van der Waals surface area contributed by atoms with E-state index in [1.165, 1.54) is 77.0 Å². The van der Waals surface area contributed by atoms with Crippen LogP contribution in [0.4, 0.5) is 0 Å². The molecule has 3 N–H and O–H groups in total. The number of thiocarbonyl (C=S) groups is 1. The molecule has 0 saturated heterocycles. The number of aliphatic hydroxyl groups excluding tert-OH is 1. The lowest BCUT2D eigenvalue weighted by atomic mass is 10.0. The molecule has 1 fully saturated rings. The van der Waals surface area contributed by atoms with E-state index in [1.807, 2.05) is 0 Å². The second-order valence-electron chi connectivity index (χ2n) is 8.89. The molecule has 0 aliphatic heterocycles. The molecule has 1 unspecified atom stereocenters. The lowest BCUT2D eigenvalue weighted by Gasteiger charge is -2.23. The average Bonchev–Trinajstić information content (AvgIpc) is 3.02. The molecule has 0 aromatic rings. The van der Waals surface area contributed by atoms with Crippen LogP contribution in [0.1, 0.15) is 96.8 Å². The number of ether oxygens (including phenoxy) is 2. The van der Waals surface area contributed by atoms with Crippen LogP contribution in [-0.4, -0.2) is 55.8 Å². The van der Waals surface area contributed by atoms with Crippen molar-refractivity contribution in [1.29, 1.82) is 0 Å². The van der Waals surface area contributed by atoms with Crippen molar-refractivity contribution in [2.45, 2.75) is 115 Å². The number of unbranched alkanes of at least 4 members (excludes halogenated alkanes) is 12. The maximum absolute atomic E-state index is 10.4. The van der Waals surface area contributed by atoms with E-state index in [1.54, 1.807) is 14.2 Å². The Hall–Kier alpha value is -0.430. The van der Waals surface area contributed by atoms with Crippen LogP contribution >= 0.6 is 12.2 Å².